The van der Waals surface area contributed by atoms with Gasteiger partial charge in [0.1, 0.15) is 23.0 Å². The van der Waals surface area contributed by atoms with Crippen molar-refractivity contribution in [2.75, 3.05) is 0 Å². The van der Waals surface area contributed by atoms with Crippen molar-refractivity contribution < 1.29 is 20.4 Å². The molecule has 4 N–H and O–H groups in total. The Morgan fingerprint density at radius 2 is 0.756 bits per heavy atom. The minimum absolute atomic E-state index is 0.132. The van der Waals surface area contributed by atoms with Crippen LogP contribution in [0.15, 0.2) is 48.5 Å². The highest BCUT2D eigenvalue weighted by Crippen LogP contribution is 2.39. The molecule has 0 atom stereocenters. The summed E-state index contributed by atoms with van der Waals surface area (Å²) in [5.41, 5.74) is 11.5. The van der Waals surface area contributed by atoms with E-state index in [0.29, 0.717) is 23.0 Å². The Morgan fingerprint density at radius 3 is 1.05 bits per heavy atom. The molecule has 0 amide bonds. The second-order valence-electron chi connectivity index (χ2n) is 12.2. The molecule has 0 aliphatic rings. The third kappa shape index (κ3) is 6.22. The maximum absolute atomic E-state index is 10.1. The molecule has 0 aromatic heterocycles. The topological polar surface area (TPSA) is 80.9 Å². The van der Waals surface area contributed by atoms with Crippen molar-refractivity contribution in [3.63, 3.8) is 0 Å². The van der Waals surface area contributed by atoms with E-state index in [1.54, 1.807) is 0 Å². The van der Waals surface area contributed by atoms with Gasteiger partial charge in [0.2, 0.25) is 0 Å². The average molecular weight is 555 g/mol. The molecule has 4 rings (SSSR count). The van der Waals surface area contributed by atoms with Crippen molar-refractivity contribution in [1.29, 1.82) is 0 Å². The van der Waals surface area contributed by atoms with E-state index in [2.05, 4.69) is 32.9 Å². The highest BCUT2D eigenvalue weighted by molar-refractivity contribution is 5.53. The highest BCUT2D eigenvalue weighted by Gasteiger charge is 2.26. The molecule has 0 radical (unpaired) electrons. The maximum Gasteiger partial charge on any atom is 0.121 e. The van der Waals surface area contributed by atoms with Crippen LogP contribution >= 0.6 is 0 Å². The molecule has 0 fully saturated rings. The van der Waals surface area contributed by atoms with Gasteiger partial charge in [0.25, 0.3) is 0 Å². The second kappa shape index (κ2) is 11.9. The minimum Gasteiger partial charge on any atom is -0.507 e. The Hall–Kier alpha value is -3.92. The molecule has 4 nitrogen and oxygen atoms in total. The summed E-state index contributed by atoms with van der Waals surface area (Å²) in [6.45, 7) is 21.8. The van der Waals surface area contributed by atoms with Crippen LogP contribution in [-0.2, 0) is 5.41 Å². The summed E-state index contributed by atoms with van der Waals surface area (Å²) in [6, 6.07) is 16.2. The molecule has 4 aromatic carbocycles. The third-order valence-corrected chi connectivity index (χ3v) is 8.71. The number of rotatable bonds is 4. The Kier molecular flexibility index (Phi) is 9.17. The summed E-state index contributed by atoms with van der Waals surface area (Å²) in [5, 5.41) is 40.1. The van der Waals surface area contributed by atoms with Crippen molar-refractivity contribution in [2.24, 2.45) is 0 Å². The first-order valence-electron chi connectivity index (χ1n) is 14.2. The molecular formula is C37H46O4. The van der Waals surface area contributed by atoms with Crippen LogP contribution in [0.5, 0.6) is 23.0 Å². The van der Waals surface area contributed by atoms with Crippen LogP contribution in [0.4, 0.5) is 0 Å². The fourth-order valence-corrected chi connectivity index (χ4v) is 5.61. The zero-order valence-electron chi connectivity index (χ0n) is 26.5. The molecule has 0 aliphatic carbocycles. The van der Waals surface area contributed by atoms with Gasteiger partial charge in [0.15, 0.2) is 0 Å². The maximum atomic E-state index is 10.1. The molecule has 0 saturated heterocycles. The second-order valence-corrected chi connectivity index (χ2v) is 12.2. The molecule has 0 bridgehead atoms. The SMILES string of the molecule is Cc1cc(C(C)(C)c2cc(C)c(O)c(C)c2)cc(C)c1O.Cc1ccc(C(C)c2ccc(C)c(O)c2C)c(C)c1O. The van der Waals surface area contributed by atoms with Crippen molar-refractivity contribution in [1.82, 2.24) is 0 Å². The van der Waals surface area contributed by atoms with Crippen molar-refractivity contribution in [3.05, 3.63) is 115 Å². The molecule has 0 saturated carbocycles. The summed E-state index contributed by atoms with van der Waals surface area (Å²) in [4.78, 5) is 0. The number of hydrogen-bond acceptors (Lipinski definition) is 4. The van der Waals surface area contributed by atoms with Crippen LogP contribution < -0.4 is 0 Å². The van der Waals surface area contributed by atoms with Crippen LogP contribution in [0, 0.1) is 55.4 Å². The lowest BCUT2D eigenvalue weighted by molar-refractivity contribution is 0.463. The summed E-state index contributed by atoms with van der Waals surface area (Å²) in [5.74, 6) is 1.60. The van der Waals surface area contributed by atoms with Gasteiger partial charge in [-0.3, -0.25) is 0 Å². The summed E-state index contributed by atoms with van der Waals surface area (Å²) >= 11 is 0. The standard InChI is InChI=1S/C19H24O2.C18H22O2/c1-11-7-15(8-12(2)17(11)20)19(5,6)16-9-13(3)18(21)14(4)10-16;1-10-6-8-15(13(4)17(10)19)12(3)16-9-7-11(2)18(20)14(16)5/h7-10,20-21H,1-6H3;6-9,12,19-20H,1-5H3. The lowest BCUT2D eigenvalue weighted by Gasteiger charge is -2.28. The Morgan fingerprint density at radius 1 is 0.463 bits per heavy atom. The molecule has 0 aliphatic heterocycles. The van der Waals surface area contributed by atoms with Gasteiger partial charge in [0, 0.05) is 11.3 Å². The zero-order valence-corrected chi connectivity index (χ0v) is 26.5. The first kappa shape index (κ1) is 31.6. The van der Waals surface area contributed by atoms with Gasteiger partial charge in [-0.2, -0.15) is 0 Å². The zero-order chi connectivity index (χ0) is 31.0. The third-order valence-electron chi connectivity index (χ3n) is 8.71. The van der Waals surface area contributed by atoms with E-state index in [9.17, 15) is 20.4 Å². The molecule has 0 spiro atoms. The smallest absolute Gasteiger partial charge is 0.121 e. The fourth-order valence-electron chi connectivity index (χ4n) is 5.61. The van der Waals surface area contributed by atoms with Crippen molar-refractivity contribution in [3.8, 4) is 23.0 Å². The number of aromatic hydroxyl groups is 4. The molecule has 41 heavy (non-hydrogen) atoms. The number of aryl methyl sites for hydroxylation is 6. The van der Waals surface area contributed by atoms with E-state index in [0.717, 1.165) is 55.6 Å². The van der Waals surface area contributed by atoms with Gasteiger partial charge in [-0.25, -0.2) is 0 Å². The van der Waals surface area contributed by atoms with E-state index < -0.39 is 0 Å². The average Bonchev–Trinajstić information content (AvgIpc) is 2.91. The van der Waals surface area contributed by atoms with Gasteiger partial charge in [-0.05, 0) is 122 Å². The van der Waals surface area contributed by atoms with Gasteiger partial charge >= 0.3 is 0 Å². The van der Waals surface area contributed by atoms with E-state index in [4.69, 9.17) is 0 Å². The van der Waals surface area contributed by atoms with Crippen molar-refractivity contribution in [2.45, 2.75) is 87.5 Å². The first-order chi connectivity index (χ1) is 19.0. The summed E-state index contributed by atoms with van der Waals surface area (Å²) in [7, 11) is 0. The van der Waals surface area contributed by atoms with Crippen molar-refractivity contribution >= 4 is 0 Å². The lowest BCUT2D eigenvalue weighted by atomic mass is 9.76. The Balaban J connectivity index is 0.000000226. The van der Waals surface area contributed by atoms with E-state index >= 15 is 0 Å². The van der Waals surface area contributed by atoms with Crippen LogP contribution in [-0.4, -0.2) is 20.4 Å². The summed E-state index contributed by atoms with van der Waals surface area (Å²) in [6.07, 6.45) is 0. The number of phenols is 4. The molecule has 218 valence electrons. The van der Waals surface area contributed by atoms with Crippen LogP contribution in [0.2, 0.25) is 0 Å². The van der Waals surface area contributed by atoms with Crippen LogP contribution in [0.3, 0.4) is 0 Å². The van der Waals surface area contributed by atoms with Gasteiger partial charge < -0.3 is 20.4 Å². The first-order valence-corrected chi connectivity index (χ1v) is 14.2. The normalized spacial score (nSPS) is 11.4. The van der Waals surface area contributed by atoms with Gasteiger partial charge in [0.05, 0.1) is 0 Å². The van der Waals surface area contributed by atoms with Gasteiger partial charge in [-0.1, -0.05) is 69.3 Å². The van der Waals surface area contributed by atoms with E-state index in [-0.39, 0.29) is 11.3 Å². The predicted octanol–water partition coefficient (Wildman–Crippen LogP) is 9.14. The van der Waals surface area contributed by atoms with Gasteiger partial charge in [-0.15, -0.1) is 0 Å². The summed E-state index contributed by atoms with van der Waals surface area (Å²) < 4.78 is 0. The number of hydrogen-bond donors (Lipinski definition) is 4. The fraction of sp³-hybridized carbons (Fsp3) is 0.351. The molecule has 0 unspecified atom stereocenters. The van der Waals surface area contributed by atoms with Crippen LogP contribution in [0.1, 0.15) is 93.5 Å². The number of phenolic OH excluding ortho intramolecular Hbond substituents is 4. The highest BCUT2D eigenvalue weighted by atomic mass is 16.3. The van der Waals surface area contributed by atoms with E-state index in [1.807, 2.05) is 91.8 Å². The van der Waals surface area contributed by atoms with Crippen LogP contribution in [0.25, 0.3) is 0 Å². The molecule has 0 heterocycles. The lowest BCUT2D eigenvalue weighted by Crippen LogP contribution is -2.19. The minimum atomic E-state index is -0.188. The molecular weight excluding hydrogens is 508 g/mol. The van der Waals surface area contributed by atoms with E-state index in [1.165, 1.54) is 11.1 Å². The molecule has 4 aromatic rings. The quantitative estimate of drug-likeness (QED) is 0.203. The number of benzene rings is 4. The Labute approximate surface area is 246 Å². The monoisotopic (exact) mass is 554 g/mol. The Bertz CT molecular complexity index is 1430. The predicted molar refractivity (Wildman–Crippen MR) is 170 cm³/mol. The largest absolute Gasteiger partial charge is 0.507 e. The molecule has 4 heteroatoms.